The Morgan fingerprint density at radius 1 is 1.37 bits per heavy atom. The van der Waals surface area contributed by atoms with Crippen molar-refractivity contribution in [2.45, 2.75) is 13.0 Å². The van der Waals surface area contributed by atoms with Crippen molar-refractivity contribution in [3.05, 3.63) is 23.8 Å². The highest BCUT2D eigenvalue weighted by Gasteiger charge is 2.25. The number of hydrogen-bond donors (Lipinski definition) is 0. The van der Waals surface area contributed by atoms with Crippen LogP contribution in [-0.4, -0.2) is 50.8 Å². The van der Waals surface area contributed by atoms with Gasteiger partial charge >= 0.3 is 0 Å². The zero-order valence-electron chi connectivity index (χ0n) is 11.5. The largest absolute Gasteiger partial charge is 0.493 e. The molecule has 0 saturated carbocycles. The van der Waals surface area contributed by atoms with Gasteiger partial charge in [-0.2, -0.15) is 0 Å². The Balaban J connectivity index is 2.28. The van der Waals surface area contributed by atoms with Crippen molar-refractivity contribution in [1.82, 2.24) is 4.90 Å². The number of para-hydroxylation sites is 1. The number of hydrogen-bond acceptors (Lipinski definition) is 4. The summed E-state index contributed by atoms with van der Waals surface area (Å²) in [6.07, 6.45) is 0.0642. The van der Waals surface area contributed by atoms with Gasteiger partial charge in [-0.25, -0.2) is 0 Å². The summed E-state index contributed by atoms with van der Waals surface area (Å²) in [7, 11) is 3.10. The second kappa shape index (κ2) is 5.93. The van der Waals surface area contributed by atoms with Gasteiger partial charge in [0.25, 0.3) is 5.91 Å². The van der Waals surface area contributed by atoms with Gasteiger partial charge in [0.15, 0.2) is 11.5 Å². The molecule has 104 valence electrons. The van der Waals surface area contributed by atoms with Crippen LogP contribution in [0.4, 0.5) is 0 Å². The van der Waals surface area contributed by atoms with Crippen LogP contribution in [-0.2, 0) is 4.74 Å². The Hall–Kier alpha value is -1.75. The summed E-state index contributed by atoms with van der Waals surface area (Å²) in [4.78, 5) is 14.3. The molecule has 5 nitrogen and oxygen atoms in total. The predicted molar refractivity (Wildman–Crippen MR) is 70.9 cm³/mol. The second-order valence-electron chi connectivity index (χ2n) is 4.47. The van der Waals surface area contributed by atoms with Gasteiger partial charge < -0.3 is 19.1 Å². The van der Waals surface area contributed by atoms with E-state index in [9.17, 15) is 4.79 Å². The highest BCUT2D eigenvalue weighted by atomic mass is 16.5. The molecule has 1 saturated heterocycles. The molecule has 1 amide bonds. The van der Waals surface area contributed by atoms with Crippen LogP contribution in [0.3, 0.4) is 0 Å². The van der Waals surface area contributed by atoms with E-state index in [1.54, 1.807) is 30.2 Å². The van der Waals surface area contributed by atoms with Gasteiger partial charge in [-0.05, 0) is 19.1 Å². The molecule has 0 aliphatic carbocycles. The summed E-state index contributed by atoms with van der Waals surface area (Å²) in [5, 5.41) is 0. The van der Waals surface area contributed by atoms with Gasteiger partial charge in [0.05, 0.1) is 32.5 Å². The summed E-state index contributed by atoms with van der Waals surface area (Å²) in [6.45, 7) is 3.73. The van der Waals surface area contributed by atoms with E-state index < -0.39 is 0 Å². The Bertz CT molecular complexity index is 461. The summed E-state index contributed by atoms with van der Waals surface area (Å²) in [6, 6.07) is 5.32. The standard InChI is InChI=1S/C14H19NO4/c1-10-9-15(7-8-19-10)14(16)11-5-4-6-12(17-2)13(11)18-3/h4-6,10H,7-9H2,1-3H3. The number of carbonyl (C=O) groups excluding carboxylic acids is 1. The molecule has 1 aromatic carbocycles. The average Bonchev–Trinajstić information content (AvgIpc) is 2.45. The number of ether oxygens (including phenoxy) is 3. The predicted octanol–water partition coefficient (Wildman–Crippen LogP) is 1.56. The van der Waals surface area contributed by atoms with Gasteiger partial charge in [-0.15, -0.1) is 0 Å². The summed E-state index contributed by atoms with van der Waals surface area (Å²) in [5.74, 6) is 0.995. The molecule has 1 aliphatic heterocycles. The molecule has 1 aromatic rings. The first-order valence-corrected chi connectivity index (χ1v) is 6.29. The van der Waals surface area contributed by atoms with E-state index in [0.717, 1.165) is 0 Å². The number of methoxy groups -OCH3 is 2. The molecule has 0 bridgehead atoms. The minimum atomic E-state index is -0.0501. The van der Waals surface area contributed by atoms with Gasteiger partial charge in [0, 0.05) is 13.1 Å². The fourth-order valence-electron chi connectivity index (χ4n) is 2.23. The third-order valence-electron chi connectivity index (χ3n) is 3.16. The molecule has 0 aromatic heterocycles. The summed E-state index contributed by atoms with van der Waals surface area (Å²) in [5.41, 5.74) is 0.524. The molecule has 1 heterocycles. The van der Waals surface area contributed by atoms with E-state index in [1.807, 2.05) is 6.92 Å². The molecule has 5 heteroatoms. The molecule has 1 aliphatic rings. The van der Waals surface area contributed by atoms with Crippen molar-refractivity contribution in [1.29, 1.82) is 0 Å². The van der Waals surface area contributed by atoms with E-state index in [2.05, 4.69) is 0 Å². The van der Waals surface area contributed by atoms with Crippen LogP contribution in [0.1, 0.15) is 17.3 Å². The fraction of sp³-hybridized carbons (Fsp3) is 0.500. The lowest BCUT2D eigenvalue weighted by atomic mass is 10.1. The molecule has 0 N–H and O–H groups in total. The number of morpholine rings is 1. The third-order valence-corrected chi connectivity index (χ3v) is 3.16. The van der Waals surface area contributed by atoms with Gasteiger partial charge in [-0.3, -0.25) is 4.79 Å². The van der Waals surface area contributed by atoms with Crippen LogP contribution in [0.25, 0.3) is 0 Å². The lowest BCUT2D eigenvalue weighted by Crippen LogP contribution is -2.44. The van der Waals surface area contributed by atoms with Crippen LogP contribution < -0.4 is 9.47 Å². The molecule has 1 fully saturated rings. The molecular weight excluding hydrogens is 246 g/mol. The van der Waals surface area contributed by atoms with E-state index in [4.69, 9.17) is 14.2 Å². The highest BCUT2D eigenvalue weighted by molar-refractivity contribution is 5.97. The maximum atomic E-state index is 12.5. The highest BCUT2D eigenvalue weighted by Crippen LogP contribution is 2.31. The molecule has 0 spiro atoms. The van der Waals surface area contributed by atoms with Gasteiger partial charge in [0.2, 0.25) is 0 Å². The number of carbonyl (C=O) groups is 1. The fourth-order valence-corrected chi connectivity index (χ4v) is 2.23. The van der Waals surface area contributed by atoms with E-state index in [0.29, 0.717) is 36.8 Å². The first-order chi connectivity index (χ1) is 9.17. The summed E-state index contributed by atoms with van der Waals surface area (Å²) >= 11 is 0. The quantitative estimate of drug-likeness (QED) is 0.832. The van der Waals surface area contributed by atoms with E-state index in [-0.39, 0.29) is 12.0 Å². The van der Waals surface area contributed by atoms with Crippen molar-refractivity contribution in [3.8, 4) is 11.5 Å². The molecule has 19 heavy (non-hydrogen) atoms. The molecule has 1 atom stereocenters. The van der Waals surface area contributed by atoms with Crippen LogP contribution >= 0.6 is 0 Å². The number of rotatable bonds is 3. The molecular formula is C14H19NO4. The van der Waals surface area contributed by atoms with Crippen molar-refractivity contribution in [2.24, 2.45) is 0 Å². The lowest BCUT2D eigenvalue weighted by Gasteiger charge is -2.31. The number of amides is 1. The third kappa shape index (κ3) is 2.81. The van der Waals surface area contributed by atoms with Gasteiger partial charge in [-0.1, -0.05) is 6.07 Å². The Labute approximate surface area is 113 Å². The lowest BCUT2D eigenvalue weighted by molar-refractivity contribution is -0.0125. The van der Waals surface area contributed by atoms with Crippen LogP contribution in [0, 0.1) is 0 Å². The van der Waals surface area contributed by atoms with Crippen molar-refractivity contribution in [2.75, 3.05) is 33.9 Å². The minimum absolute atomic E-state index is 0.0501. The van der Waals surface area contributed by atoms with Crippen molar-refractivity contribution < 1.29 is 19.0 Å². The SMILES string of the molecule is COc1cccc(C(=O)N2CCOC(C)C2)c1OC. The van der Waals surface area contributed by atoms with Gasteiger partial charge in [0.1, 0.15) is 0 Å². The summed E-state index contributed by atoms with van der Waals surface area (Å²) < 4.78 is 16.0. The number of benzene rings is 1. The molecule has 2 rings (SSSR count). The Morgan fingerprint density at radius 3 is 2.79 bits per heavy atom. The normalized spacial score (nSPS) is 19.1. The molecule has 0 radical (unpaired) electrons. The topological polar surface area (TPSA) is 48.0 Å². The second-order valence-corrected chi connectivity index (χ2v) is 4.47. The monoisotopic (exact) mass is 265 g/mol. The van der Waals surface area contributed by atoms with Crippen molar-refractivity contribution >= 4 is 5.91 Å². The zero-order valence-corrected chi connectivity index (χ0v) is 11.5. The van der Waals surface area contributed by atoms with Crippen LogP contribution in [0.2, 0.25) is 0 Å². The minimum Gasteiger partial charge on any atom is -0.493 e. The van der Waals surface area contributed by atoms with Crippen LogP contribution in [0.15, 0.2) is 18.2 Å². The van der Waals surface area contributed by atoms with Crippen LogP contribution in [0.5, 0.6) is 11.5 Å². The first kappa shape index (κ1) is 13.7. The zero-order chi connectivity index (χ0) is 13.8. The smallest absolute Gasteiger partial charge is 0.257 e. The van der Waals surface area contributed by atoms with Crippen molar-refractivity contribution in [3.63, 3.8) is 0 Å². The molecule has 1 unspecified atom stereocenters. The number of nitrogens with zero attached hydrogens (tertiary/aromatic N) is 1. The van der Waals surface area contributed by atoms with E-state index in [1.165, 1.54) is 7.11 Å². The maximum absolute atomic E-state index is 12.5. The van der Waals surface area contributed by atoms with E-state index >= 15 is 0 Å². The maximum Gasteiger partial charge on any atom is 0.257 e. The Morgan fingerprint density at radius 2 is 2.16 bits per heavy atom. The first-order valence-electron chi connectivity index (χ1n) is 6.29. The Kier molecular flexibility index (Phi) is 4.27. The average molecular weight is 265 g/mol.